The summed E-state index contributed by atoms with van der Waals surface area (Å²) < 4.78 is 27.9. The molecule has 4 nitrogen and oxygen atoms in total. The Kier molecular flexibility index (Phi) is 3.75. The van der Waals surface area contributed by atoms with E-state index in [1.54, 1.807) is 7.11 Å². The van der Waals surface area contributed by atoms with Gasteiger partial charge in [-0.1, -0.05) is 30.3 Å². The molecule has 1 fully saturated rings. The molecule has 18 heavy (non-hydrogen) atoms. The number of ether oxygens (including phenoxy) is 1. The zero-order chi connectivity index (χ0) is 13.2. The maximum Gasteiger partial charge on any atom is 0.148 e. The van der Waals surface area contributed by atoms with Crippen LogP contribution in [-0.2, 0) is 20.2 Å². The van der Waals surface area contributed by atoms with Crippen LogP contribution in [0.15, 0.2) is 30.3 Å². The highest BCUT2D eigenvalue weighted by molar-refractivity contribution is 7.90. The summed E-state index contributed by atoms with van der Waals surface area (Å²) in [5, 5.41) is 0. The second kappa shape index (κ2) is 4.99. The summed E-state index contributed by atoms with van der Waals surface area (Å²) in [6.45, 7) is 2.09. The summed E-state index contributed by atoms with van der Waals surface area (Å²) >= 11 is 0. The highest BCUT2D eigenvalue weighted by Crippen LogP contribution is 2.34. The highest BCUT2D eigenvalue weighted by atomic mass is 32.2. The van der Waals surface area contributed by atoms with Crippen LogP contribution in [0.5, 0.6) is 0 Å². The minimum Gasteiger partial charge on any atom is -0.371 e. The van der Waals surface area contributed by atoms with Gasteiger partial charge < -0.3 is 4.74 Å². The van der Waals surface area contributed by atoms with Gasteiger partial charge in [0.25, 0.3) is 0 Å². The Morgan fingerprint density at radius 1 is 1.28 bits per heavy atom. The highest BCUT2D eigenvalue weighted by Gasteiger charge is 2.44. The summed E-state index contributed by atoms with van der Waals surface area (Å²) in [5.41, 5.74) is 0.891. The number of benzene rings is 1. The van der Waals surface area contributed by atoms with Gasteiger partial charge in [-0.2, -0.15) is 0 Å². The largest absolute Gasteiger partial charge is 0.371 e. The molecule has 1 aromatic rings. The van der Waals surface area contributed by atoms with Gasteiger partial charge in [0.15, 0.2) is 0 Å². The molecule has 0 atom stereocenters. The third-order valence-corrected chi connectivity index (χ3v) is 4.35. The molecule has 1 aliphatic heterocycles. The first-order chi connectivity index (χ1) is 8.45. The number of methoxy groups -OCH3 is 1. The monoisotopic (exact) mass is 269 g/mol. The minimum absolute atomic E-state index is 0.210. The quantitative estimate of drug-likeness (QED) is 0.796. The van der Waals surface area contributed by atoms with Gasteiger partial charge in [0.05, 0.1) is 5.75 Å². The van der Waals surface area contributed by atoms with E-state index in [0.29, 0.717) is 6.54 Å². The fourth-order valence-electron chi connectivity index (χ4n) is 2.30. The number of likely N-dealkylation sites (tertiary alicyclic amines) is 1. The van der Waals surface area contributed by atoms with Crippen molar-refractivity contribution >= 4 is 9.84 Å². The second-order valence-corrected chi connectivity index (χ2v) is 7.16. The summed E-state index contributed by atoms with van der Waals surface area (Å²) in [6, 6.07) is 10.1. The Hall–Kier alpha value is -0.910. The van der Waals surface area contributed by atoms with Crippen molar-refractivity contribution in [2.45, 2.75) is 5.60 Å². The van der Waals surface area contributed by atoms with E-state index >= 15 is 0 Å². The first kappa shape index (κ1) is 13.5. The van der Waals surface area contributed by atoms with Crippen molar-refractivity contribution in [2.24, 2.45) is 0 Å². The van der Waals surface area contributed by atoms with Gasteiger partial charge in [0, 0.05) is 33.0 Å². The van der Waals surface area contributed by atoms with Crippen molar-refractivity contribution in [2.75, 3.05) is 38.8 Å². The Morgan fingerprint density at radius 3 is 2.39 bits per heavy atom. The first-order valence-electron chi connectivity index (χ1n) is 5.96. The first-order valence-corrected chi connectivity index (χ1v) is 8.02. The third kappa shape index (κ3) is 2.91. The van der Waals surface area contributed by atoms with E-state index in [2.05, 4.69) is 17.0 Å². The van der Waals surface area contributed by atoms with Gasteiger partial charge >= 0.3 is 0 Å². The van der Waals surface area contributed by atoms with Crippen LogP contribution in [0.2, 0.25) is 0 Å². The fraction of sp³-hybridized carbons (Fsp3) is 0.538. The summed E-state index contributed by atoms with van der Waals surface area (Å²) in [4.78, 5) is 2.11. The molecule has 0 saturated carbocycles. The molecule has 0 N–H and O–H groups in total. The van der Waals surface area contributed by atoms with E-state index in [9.17, 15) is 8.42 Å². The van der Waals surface area contributed by atoms with E-state index in [0.717, 1.165) is 18.7 Å². The summed E-state index contributed by atoms with van der Waals surface area (Å²) in [7, 11) is -1.18. The number of nitrogens with zero attached hydrogens (tertiary/aromatic N) is 1. The molecule has 1 saturated heterocycles. The predicted octanol–water partition coefficient (Wildman–Crippen LogP) is 0.888. The Morgan fingerprint density at radius 2 is 1.89 bits per heavy atom. The molecule has 1 aliphatic rings. The van der Waals surface area contributed by atoms with Crippen LogP contribution in [0.1, 0.15) is 5.56 Å². The van der Waals surface area contributed by atoms with Crippen LogP contribution in [-0.4, -0.2) is 52.1 Å². The number of hydrogen-bond acceptors (Lipinski definition) is 4. The molecule has 0 spiro atoms. The maximum absolute atomic E-state index is 11.1. The molecular weight excluding hydrogens is 250 g/mol. The van der Waals surface area contributed by atoms with Gasteiger partial charge in [-0.05, 0) is 5.56 Å². The van der Waals surface area contributed by atoms with Gasteiger partial charge in [0.1, 0.15) is 15.4 Å². The van der Waals surface area contributed by atoms with Crippen LogP contribution in [0, 0.1) is 0 Å². The van der Waals surface area contributed by atoms with Crippen molar-refractivity contribution < 1.29 is 13.2 Å². The molecule has 5 heteroatoms. The molecule has 0 bridgehead atoms. The van der Waals surface area contributed by atoms with E-state index in [1.807, 2.05) is 18.2 Å². The van der Waals surface area contributed by atoms with Crippen LogP contribution >= 0.6 is 0 Å². The maximum atomic E-state index is 11.1. The van der Waals surface area contributed by atoms with Crippen molar-refractivity contribution in [1.29, 1.82) is 0 Å². The van der Waals surface area contributed by atoms with Crippen LogP contribution < -0.4 is 0 Å². The van der Waals surface area contributed by atoms with Gasteiger partial charge in [-0.3, -0.25) is 4.90 Å². The molecule has 2 rings (SSSR count). The fourth-order valence-corrected chi connectivity index (χ4v) is 2.89. The van der Waals surface area contributed by atoms with E-state index in [1.165, 1.54) is 6.26 Å². The van der Waals surface area contributed by atoms with E-state index < -0.39 is 9.84 Å². The minimum atomic E-state index is -2.89. The van der Waals surface area contributed by atoms with Gasteiger partial charge in [-0.15, -0.1) is 0 Å². The molecule has 1 heterocycles. The molecule has 0 aliphatic carbocycles. The Labute approximate surface area is 108 Å². The zero-order valence-electron chi connectivity index (χ0n) is 10.8. The lowest BCUT2D eigenvalue weighted by Gasteiger charge is -2.49. The number of sulfone groups is 1. The van der Waals surface area contributed by atoms with Crippen LogP contribution in [0.25, 0.3) is 0 Å². The lowest BCUT2D eigenvalue weighted by atomic mass is 9.86. The van der Waals surface area contributed by atoms with Crippen molar-refractivity contribution in [1.82, 2.24) is 4.90 Å². The predicted molar refractivity (Wildman–Crippen MR) is 71.3 cm³/mol. The van der Waals surface area contributed by atoms with E-state index in [4.69, 9.17) is 4.74 Å². The van der Waals surface area contributed by atoms with Crippen molar-refractivity contribution in [3.63, 3.8) is 0 Å². The van der Waals surface area contributed by atoms with Crippen molar-refractivity contribution in [3.05, 3.63) is 35.9 Å². The molecule has 0 amide bonds. The SMILES string of the molecule is COC1(c2ccccc2)CN(CCS(C)(=O)=O)C1. The van der Waals surface area contributed by atoms with Crippen LogP contribution in [0.3, 0.4) is 0 Å². The normalized spacial score (nSPS) is 19.4. The lowest BCUT2D eigenvalue weighted by Crippen LogP contribution is -2.61. The zero-order valence-corrected chi connectivity index (χ0v) is 11.6. The topological polar surface area (TPSA) is 46.6 Å². The molecule has 0 unspecified atom stereocenters. The van der Waals surface area contributed by atoms with Gasteiger partial charge in [0.2, 0.25) is 0 Å². The molecule has 100 valence electrons. The molecule has 0 aromatic heterocycles. The summed E-state index contributed by atoms with van der Waals surface area (Å²) in [6.07, 6.45) is 1.27. The number of hydrogen-bond donors (Lipinski definition) is 0. The molecule has 0 radical (unpaired) electrons. The molecule has 1 aromatic carbocycles. The molecular formula is C13H19NO3S. The Bertz CT molecular complexity index is 492. The second-order valence-electron chi connectivity index (χ2n) is 4.90. The van der Waals surface area contributed by atoms with Gasteiger partial charge in [-0.25, -0.2) is 8.42 Å². The standard InChI is InChI=1S/C13H19NO3S/c1-17-13(12-6-4-3-5-7-12)10-14(11-13)8-9-18(2,15)16/h3-7H,8-11H2,1-2H3. The third-order valence-electron chi connectivity index (χ3n) is 3.43. The number of rotatable bonds is 5. The Balaban J connectivity index is 1.96. The average Bonchev–Trinajstić information content (AvgIpc) is 2.28. The average molecular weight is 269 g/mol. The lowest BCUT2D eigenvalue weighted by molar-refractivity contribution is -0.128. The summed E-state index contributed by atoms with van der Waals surface area (Å²) in [5.74, 6) is 0.210. The van der Waals surface area contributed by atoms with Crippen LogP contribution in [0.4, 0.5) is 0 Å². The van der Waals surface area contributed by atoms with E-state index in [-0.39, 0.29) is 11.4 Å². The smallest absolute Gasteiger partial charge is 0.148 e. The van der Waals surface area contributed by atoms with Crippen molar-refractivity contribution in [3.8, 4) is 0 Å².